The van der Waals surface area contributed by atoms with E-state index >= 15 is 0 Å². The van der Waals surface area contributed by atoms with Crippen LogP contribution in [0.25, 0.3) is 11.3 Å². The molecular formula is C41H56N2O3. The summed E-state index contributed by atoms with van der Waals surface area (Å²) < 4.78 is 5.63. The minimum Gasteiger partial charge on any atom is -0.359 e. The third kappa shape index (κ3) is 4.56. The molecule has 4 fully saturated rings. The number of allylic oxidation sites excluding steroid dienone is 2. The van der Waals surface area contributed by atoms with E-state index in [-0.39, 0.29) is 44.8 Å². The number of hydrogen-bond acceptors (Lipinski definition) is 4. The lowest BCUT2D eigenvalue weighted by molar-refractivity contribution is -0.185. The van der Waals surface area contributed by atoms with Crippen LogP contribution in [0.3, 0.4) is 0 Å². The van der Waals surface area contributed by atoms with Crippen LogP contribution in [0.2, 0.25) is 0 Å². The molecule has 0 aliphatic heterocycles. The summed E-state index contributed by atoms with van der Waals surface area (Å²) in [5.41, 5.74) is 4.26. The predicted molar refractivity (Wildman–Crippen MR) is 183 cm³/mol. The van der Waals surface area contributed by atoms with E-state index in [1.807, 2.05) is 18.2 Å². The zero-order valence-corrected chi connectivity index (χ0v) is 29.6. The van der Waals surface area contributed by atoms with Gasteiger partial charge in [-0.2, -0.15) is 0 Å². The number of fused-ring (bicyclic) bond motifs is 7. The Hall–Kier alpha value is -2.69. The predicted octanol–water partition coefficient (Wildman–Crippen LogP) is 9.64. The summed E-state index contributed by atoms with van der Waals surface area (Å²) in [4.78, 5) is 28.6. The maximum absolute atomic E-state index is 14.6. The van der Waals surface area contributed by atoms with E-state index in [2.05, 4.69) is 84.1 Å². The van der Waals surface area contributed by atoms with Crippen molar-refractivity contribution in [2.75, 3.05) is 0 Å². The maximum Gasteiger partial charge on any atom is 0.226 e. The largest absolute Gasteiger partial charge is 0.359 e. The van der Waals surface area contributed by atoms with Crippen molar-refractivity contribution in [2.45, 2.75) is 126 Å². The smallest absolute Gasteiger partial charge is 0.226 e. The number of hydrogen-bond donors (Lipinski definition) is 1. The first-order chi connectivity index (χ1) is 21.5. The van der Waals surface area contributed by atoms with E-state index in [0.717, 1.165) is 43.4 Å². The second-order valence-electron chi connectivity index (χ2n) is 18.3. The standard InChI is InChI=1S/C41H56N2O3/c1-26-10-12-27(13-11-26)31-22-28(46-43-31)25-42-35(45)38(5)19-18-37(4)20-21-40(7)29(30(37)24-38)23-32(44)34-39(6)16-9-15-36(2,3)33(39)14-17-41(34,40)8/h10-13,22-23,30,33-34H,9,14-21,24-25H2,1-8H3,(H,42,45)/t30-,33?,34?,37+,38-,39-,40-,41+/m0/s1. The molecule has 46 heavy (non-hydrogen) atoms. The number of aromatic nitrogens is 1. The van der Waals surface area contributed by atoms with Gasteiger partial charge in [-0.1, -0.05) is 95.4 Å². The zero-order chi connectivity index (χ0) is 32.9. The van der Waals surface area contributed by atoms with Crippen molar-refractivity contribution in [3.05, 3.63) is 53.3 Å². The first-order valence-corrected chi connectivity index (χ1v) is 18.1. The first kappa shape index (κ1) is 31.9. The molecule has 1 N–H and O–H groups in total. The summed E-state index contributed by atoms with van der Waals surface area (Å²) in [6.45, 7) is 19.4. The van der Waals surface area contributed by atoms with Crippen LogP contribution in [-0.4, -0.2) is 16.8 Å². The molecule has 0 saturated heterocycles. The third-order valence-electron chi connectivity index (χ3n) is 15.2. The van der Waals surface area contributed by atoms with Crippen molar-refractivity contribution in [1.29, 1.82) is 0 Å². The van der Waals surface area contributed by atoms with Gasteiger partial charge in [0.2, 0.25) is 5.91 Å². The van der Waals surface area contributed by atoms with Crippen molar-refractivity contribution in [2.24, 2.45) is 50.2 Å². The van der Waals surface area contributed by atoms with Gasteiger partial charge in [0, 0.05) is 23.0 Å². The summed E-state index contributed by atoms with van der Waals surface area (Å²) in [5, 5.41) is 7.48. The van der Waals surface area contributed by atoms with Gasteiger partial charge in [0.1, 0.15) is 5.69 Å². The lowest BCUT2D eigenvalue weighted by atomic mass is 9.33. The van der Waals surface area contributed by atoms with Crippen LogP contribution in [0.4, 0.5) is 0 Å². The summed E-state index contributed by atoms with van der Waals surface area (Å²) in [6.07, 6.45) is 13.2. The second-order valence-corrected chi connectivity index (χ2v) is 18.3. The molecule has 0 radical (unpaired) electrons. The van der Waals surface area contributed by atoms with E-state index in [9.17, 15) is 9.59 Å². The molecule has 8 atom stereocenters. The van der Waals surface area contributed by atoms with E-state index in [4.69, 9.17) is 4.52 Å². The van der Waals surface area contributed by atoms with Crippen molar-refractivity contribution in [1.82, 2.24) is 10.5 Å². The maximum atomic E-state index is 14.6. The number of nitrogens with one attached hydrogen (secondary N) is 1. The molecule has 2 unspecified atom stereocenters. The van der Waals surface area contributed by atoms with Gasteiger partial charge in [0.05, 0.1) is 6.54 Å². The Labute approximate surface area is 276 Å². The molecule has 1 heterocycles. The van der Waals surface area contributed by atoms with Crippen LogP contribution in [0, 0.1) is 57.2 Å². The van der Waals surface area contributed by atoms with Gasteiger partial charge in [-0.25, -0.2) is 0 Å². The molecule has 1 amide bonds. The average molecular weight is 625 g/mol. The van der Waals surface area contributed by atoms with E-state index in [1.165, 1.54) is 43.2 Å². The van der Waals surface area contributed by atoms with Gasteiger partial charge >= 0.3 is 0 Å². The molecule has 1 aromatic carbocycles. The first-order valence-electron chi connectivity index (χ1n) is 18.1. The Kier molecular flexibility index (Phi) is 7.21. The van der Waals surface area contributed by atoms with E-state index in [0.29, 0.717) is 24.0 Å². The molecule has 0 bridgehead atoms. The number of benzene rings is 1. The van der Waals surface area contributed by atoms with Crippen molar-refractivity contribution in [3.63, 3.8) is 0 Å². The lowest BCUT2D eigenvalue weighted by Gasteiger charge is -2.70. The Morgan fingerprint density at radius 2 is 1.65 bits per heavy atom. The quantitative estimate of drug-likeness (QED) is 0.368. The fourth-order valence-corrected chi connectivity index (χ4v) is 12.1. The Bertz CT molecular complexity index is 1580. The SMILES string of the molecule is Cc1ccc(-c2cc(CNC(=O)[C@@]3(C)CC[C@]4(C)CC[C@@]5(C)C(=CC(=O)C6[C@@]7(C)CCCC(C)(C)C7CC[C@]65C)[C@@H]4C3)on2)cc1. The van der Waals surface area contributed by atoms with Gasteiger partial charge < -0.3 is 9.84 Å². The van der Waals surface area contributed by atoms with Gasteiger partial charge in [-0.3, -0.25) is 9.59 Å². The number of carbonyl (C=O) groups is 2. The average Bonchev–Trinajstić information content (AvgIpc) is 3.47. The minimum absolute atomic E-state index is 0.0216. The molecular weight excluding hydrogens is 568 g/mol. The van der Waals surface area contributed by atoms with Gasteiger partial charge in [-0.05, 0) is 110 Å². The summed E-state index contributed by atoms with van der Waals surface area (Å²) >= 11 is 0. The monoisotopic (exact) mass is 624 g/mol. The molecule has 5 aliphatic carbocycles. The topological polar surface area (TPSA) is 72.2 Å². The van der Waals surface area contributed by atoms with E-state index in [1.54, 1.807) is 0 Å². The molecule has 4 saturated carbocycles. The number of aryl methyl sites for hydroxylation is 1. The van der Waals surface area contributed by atoms with E-state index < -0.39 is 5.41 Å². The van der Waals surface area contributed by atoms with Gasteiger partial charge in [0.25, 0.3) is 0 Å². The summed E-state index contributed by atoms with van der Waals surface area (Å²) in [5.74, 6) is 2.05. The van der Waals surface area contributed by atoms with Crippen LogP contribution >= 0.6 is 0 Å². The highest BCUT2D eigenvalue weighted by molar-refractivity contribution is 5.95. The Morgan fingerprint density at radius 1 is 0.935 bits per heavy atom. The van der Waals surface area contributed by atoms with Crippen LogP contribution in [0.15, 0.2) is 46.5 Å². The minimum atomic E-state index is -0.499. The van der Waals surface area contributed by atoms with Crippen LogP contribution in [0.5, 0.6) is 0 Å². The molecule has 5 heteroatoms. The summed E-state index contributed by atoms with van der Waals surface area (Å²) in [7, 11) is 0. The van der Waals surface area contributed by atoms with Crippen LogP contribution in [0.1, 0.15) is 124 Å². The highest BCUT2D eigenvalue weighted by atomic mass is 16.5. The number of ketones is 1. The van der Waals surface area contributed by atoms with Crippen LogP contribution < -0.4 is 5.32 Å². The van der Waals surface area contributed by atoms with Crippen molar-refractivity contribution in [3.8, 4) is 11.3 Å². The third-order valence-corrected chi connectivity index (χ3v) is 15.2. The van der Waals surface area contributed by atoms with Crippen LogP contribution in [-0.2, 0) is 16.1 Å². The lowest BCUT2D eigenvalue weighted by Crippen LogP contribution is -2.65. The molecule has 1 aromatic heterocycles. The van der Waals surface area contributed by atoms with Gasteiger partial charge in [0.15, 0.2) is 11.5 Å². The Morgan fingerprint density at radius 3 is 2.39 bits per heavy atom. The number of rotatable bonds is 4. The Balaban J connectivity index is 1.14. The number of amides is 1. The molecule has 7 rings (SSSR count). The highest BCUT2D eigenvalue weighted by Crippen LogP contribution is 2.75. The molecule has 0 spiro atoms. The highest BCUT2D eigenvalue weighted by Gasteiger charge is 2.69. The molecule has 5 aliphatic rings. The second kappa shape index (κ2) is 10.4. The number of nitrogens with zero attached hydrogens (tertiary/aromatic N) is 1. The molecule has 5 nitrogen and oxygen atoms in total. The molecule has 2 aromatic rings. The van der Waals surface area contributed by atoms with Crippen molar-refractivity contribution < 1.29 is 14.1 Å². The fraction of sp³-hybridized carbons (Fsp3) is 0.683. The zero-order valence-electron chi connectivity index (χ0n) is 29.6. The summed E-state index contributed by atoms with van der Waals surface area (Å²) in [6, 6.07) is 10.1. The fourth-order valence-electron chi connectivity index (χ4n) is 12.1. The van der Waals surface area contributed by atoms with Gasteiger partial charge in [-0.15, -0.1) is 0 Å². The normalized spacial score (nSPS) is 41.3. The van der Waals surface area contributed by atoms with Crippen molar-refractivity contribution >= 4 is 11.7 Å². The number of carbonyl (C=O) groups excluding carboxylic acids is 2. The molecule has 248 valence electrons.